The van der Waals surface area contributed by atoms with Crippen LogP contribution in [0.25, 0.3) is 0 Å². The summed E-state index contributed by atoms with van der Waals surface area (Å²) in [5.74, 6) is 0.120. The second kappa shape index (κ2) is 7.84. The number of rotatable bonds is 7. The van der Waals surface area contributed by atoms with Gasteiger partial charge < -0.3 is 10.2 Å². The van der Waals surface area contributed by atoms with Crippen LogP contribution >= 0.6 is 11.3 Å². The normalized spacial score (nSPS) is 11.9. The molecule has 0 bridgehead atoms. The van der Waals surface area contributed by atoms with Gasteiger partial charge in [-0.15, -0.1) is 0 Å². The molecule has 2 aromatic rings. The maximum absolute atomic E-state index is 11.9. The number of likely N-dealkylation sites (N-methyl/N-ethyl adjacent to an activating group) is 1. The van der Waals surface area contributed by atoms with Crippen LogP contribution in [0.2, 0.25) is 0 Å². The molecule has 0 radical (unpaired) electrons. The van der Waals surface area contributed by atoms with Crippen LogP contribution in [0, 0.1) is 0 Å². The third kappa shape index (κ3) is 4.90. The van der Waals surface area contributed by atoms with Gasteiger partial charge in [0.2, 0.25) is 5.91 Å². The number of anilines is 1. The quantitative estimate of drug-likeness (QED) is 0.851. The molecular formula is C17H22N2OS. The van der Waals surface area contributed by atoms with Gasteiger partial charge in [-0.25, -0.2) is 0 Å². The predicted molar refractivity (Wildman–Crippen MR) is 90.0 cm³/mol. The minimum absolute atomic E-state index is 0.120. The van der Waals surface area contributed by atoms with Gasteiger partial charge in [0.1, 0.15) is 0 Å². The topological polar surface area (TPSA) is 32.3 Å². The maximum Gasteiger partial charge on any atom is 0.220 e. The van der Waals surface area contributed by atoms with Gasteiger partial charge in [-0.05, 0) is 47.9 Å². The molecule has 0 aliphatic carbocycles. The molecule has 1 atom stereocenters. The summed E-state index contributed by atoms with van der Waals surface area (Å²) in [4.78, 5) is 14.1. The summed E-state index contributed by atoms with van der Waals surface area (Å²) in [5.41, 5.74) is 2.40. The molecule has 4 heteroatoms. The van der Waals surface area contributed by atoms with E-state index in [1.165, 1.54) is 5.56 Å². The van der Waals surface area contributed by atoms with Crippen molar-refractivity contribution in [3.63, 3.8) is 0 Å². The lowest BCUT2D eigenvalue weighted by Crippen LogP contribution is -2.40. The van der Waals surface area contributed by atoms with Crippen LogP contribution < -0.4 is 10.2 Å². The van der Waals surface area contributed by atoms with Crippen molar-refractivity contribution in [1.82, 2.24) is 5.32 Å². The summed E-state index contributed by atoms with van der Waals surface area (Å²) in [6.45, 7) is 2.78. The van der Waals surface area contributed by atoms with Gasteiger partial charge in [-0.2, -0.15) is 11.3 Å². The van der Waals surface area contributed by atoms with Crippen LogP contribution in [-0.2, 0) is 11.2 Å². The van der Waals surface area contributed by atoms with E-state index in [-0.39, 0.29) is 11.9 Å². The number of nitrogens with zero attached hydrogens (tertiary/aromatic N) is 1. The van der Waals surface area contributed by atoms with Gasteiger partial charge in [-0.3, -0.25) is 4.79 Å². The maximum atomic E-state index is 11.9. The Kier molecular flexibility index (Phi) is 5.81. The van der Waals surface area contributed by atoms with Crippen LogP contribution in [0.3, 0.4) is 0 Å². The molecule has 1 N–H and O–H groups in total. The SMILES string of the molecule is CC(CNC(=O)CCc1ccsc1)N(C)c1ccccc1. The molecule has 3 nitrogen and oxygen atoms in total. The molecule has 21 heavy (non-hydrogen) atoms. The predicted octanol–water partition coefficient (Wildman–Crippen LogP) is 3.32. The Hall–Kier alpha value is -1.81. The molecule has 0 saturated carbocycles. The van der Waals surface area contributed by atoms with E-state index in [2.05, 4.69) is 47.8 Å². The molecule has 0 fully saturated rings. The summed E-state index contributed by atoms with van der Waals surface area (Å²) in [6, 6.07) is 12.6. The second-order valence-electron chi connectivity index (χ2n) is 5.23. The second-order valence-corrected chi connectivity index (χ2v) is 6.01. The summed E-state index contributed by atoms with van der Waals surface area (Å²) in [6.07, 6.45) is 1.37. The molecule has 0 aliphatic rings. The van der Waals surface area contributed by atoms with Gasteiger partial charge in [0.05, 0.1) is 0 Å². The highest BCUT2D eigenvalue weighted by Crippen LogP contribution is 2.13. The summed E-state index contributed by atoms with van der Waals surface area (Å²) in [5, 5.41) is 7.16. The van der Waals surface area contributed by atoms with Crippen LogP contribution in [-0.4, -0.2) is 25.5 Å². The molecule has 1 unspecified atom stereocenters. The number of para-hydroxylation sites is 1. The third-order valence-electron chi connectivity index (χ3n) is 3.64. The van der Waals surface area contributed by atoms with Crippen LogP contribution in [0.1, 0.15) is 18.9 Å². The smallest absolute Gasteiger partial charge is 0.220 e. The number of carbonyl (C=O) groups is 1. The van der Waals surface area contributed by atoms with E-state index >= 15 is 0 Å². The first-order chi connectivity index (χ1) is 10.2. The van der Waals surface area contributed by atoms with Gasteiger partial charge >= 0.3 is 0 Å². The van der Waals surface area contributed by atoms with Crippen molar-refractivity contribution in [3.8, 4) is 0 Å². The minimum atomic E-state index is 0.120. The van der Waals surface area contributed by atoms with Gasteiger partial charge in [0.25, 0.3) is 0 Å². The fourth-order valence-corrected chi connectivity index (χ4v) is 2.80. The van der Waals surface area contributed by atoms with Crippen molar-refractivity contribution in [2.75, 3.05) is 18.5 Å². The first-order valence-electron chi connectivity index (χ1n) is 7.22. The van der Waals surface area contributed by atoms with Crippen molar-refractivity contribution >= 4 is 22.9 Å². The number of hydrogen-bond donors (Lipinski definition) is 1. The Morgan fingerprint density at radius 1 is 1.29 bits per heavy atom. The fourth-order valence-electron chi connectivity index (χ4n) is 2.10. The van der Waals surface area contributed by atoms with Crippen molar-refractivity contribution in [3.05, 3.63) is 52.7 Å². The van der Waals surface area contributed by atoms with E-state index in [0.29, 0.717) is 13.0 Å². The molecule has 0 aliphatic heterocycles. The van der Waals surface area contributed by atoms with Crippen molar-refractivity contribution in [2.45, 2.75) is 25.8 Å². The number of benzene rings is 1. The molecule has 1 amide bonds. The first kappa shape index (κ1) is 15.6. The fraction of sp³-hybridized carbons (Fsp3) is 0.353. The molecule has 1 aromatic heterocycles. The Balaban J connectivity index is 1.73. The summed E-state index contributed by atoms with van der Waals surface area (Å²) >= 11 is 1.67. The number of thiophene rings is 1. The molecule has 0 saturated heterocycles. The molecular weight excluding hydrogens is 280 g/mol. The third-order valence-corrected chi connectivity index (χ3v) is 4.37. The van der Waals surface area contributed by atoms with E-state index in [1.807, 2.05) is 23.6 Å². The monoisotopic (exact) mass is 302 g/mol. The first-order valence-corrected chi connectivity index (χ1v) is 8.16. The highest BCUT2D eigenvalue weighted by molar-refractivity contribution is 7.07. The van der Waals surface area contributed by atoms with Crippen molar-refractivity contribution in [1.29, 1.82) is 0 Å². The zero-order valence-corrected chi connectivity index (χ0v) is 13.4. The molecule has 2 rings (SSSR count). The average Bonchev–Trinajstić information content (AvgIpc) is 3.04. The number of hydrogen-bond acceptors (Lipinski definition) is 3. The largest absolute Gasteiger partial charge is 0.370 e. The lowest BCUT2D eigenvalue weighted by molar-refractivity contribution is -0.121. The lowest BCUT2D eigenvalue weighted by atomic mass is 10.2. The zero-order valence-electron chi connectivity index (χ0n) is 12.6. The molecule has 112 valence electrons. The van der Waals surface area contributed by atoms with E-state index in [4.69, 9.17) is 0 Å². The standard InChI is InChI=1S/C17H22N2OS/c1-14(19(2)16-6-4-3-5-7-16)12-18-17(20)9-8-15-10-11-21-13-15/h3-7,10-11,13-14H,8-9,12H2,1-2H3,(H,18,20). The number of amides is 1. The molecule has 1 aromatic carbocycles. The van der Waals surface area contributed by atoms with Gasteiger partial charge in [0, 0.05) is 31.7 Å². The van der Waals surface area contributed by atoms with E-state index in [9.17, 15) is 4.79 Å². The zero-order chi connectivity index (χ0) is 15.1. The van der Waals surface area contributed by atoms with E-state index in [1.54, 1.807) is 11.3 Å². The van der Waals surface area contributed by atoms with Crippen LogP contribution in [0.15, 0.2) is 47.2 Å². The Morgan fingerprint density at radius 3 is 2.71 bits per heavy atom. The molecule has 0 spiro atoms. The van der Waals surface area contributed by atoms with Gasteiger partial charge in [-0.1, -0.05) is 18.2 Å². The van der Waals surface area contributed by atoms with E-state index in [0.717, 1.165) is 12.1 Å². The number of aryl methyl sites for hydroxylation is 1. The Labute approximate surface area is 130 Å². The summed E-state index contributed by atoms with van der Waals surface area (Å²) < 4.78 is 0. The highest BCUT2D eigenvalue weighted by atomic mass is 32.1. The average molecular weight is 302 g/mol. The Morgan fingerprint density at radius 2 is 2.05 bits per heavy atom. The Bertz CT molecular complexity index is 539. The van der Waals surface area contributed by atoms with E-state index < -0.39 is 0 Å². The minimum Gasteiger partial charge on any atom is -0.370 e. The summed E-state index contributed by atoms with van der Waals surface area (Å²) in [7, 11) is 2.05. The number of nitrogens with one attached hydrogen (secondary N) is 1. The molecule has 1 heterocycles. The van der Waals surface area contributed by atoms with Crippen molar-refractivity contribution in [2.24, 2.45) is 0 Å². The highest BCUT2D eigenvalue weighted by Gasteiger charge is 2.11. The van der Waals surface area contributed by atoms with Crippen LogP contribution in [0.5, 0.6) is 0 Å². The lowest BCUT2D eigenvalue weighted by Gasteiger charge is -2.27. The van der Waals surface area contributed by atoms with Crippen LogP contribution in [0.4, 0.5) is 5.69 Å². The van der Waals surface area contributed by atoms with Gasteiger partial charge in [0.15, 0.2) is 0 Å². The number of carbonyl (C=O) groups excluding carboxylic acids is 1. The van der Waals surface area contributed by atoms with Crippen molar-refractivity contribution < 1.29 is 4.79 Å².